The zero-order valence-corrected chi connectivity index (χ0v) is 9.55. The first kappa shape index (κ1) is 11.5. The average molecular weight is 231 g/mol. The van der Waals surface area contributed by atoms with Crippen molar-refractivity contribution >= 4 is 16.7 Å². The van der Waals surface area contributed by atoms with E-state index in [9.17, 15) is 4.79 Å². The molecule has 88 valence electrons. The Morgan fingerprint density at radius 1 is 1.24 bits per heavy atom. The number of rotatable bonds is 5. The number of aromatic nitrogens is 1. The molecule has 4 heteroatoms. The number of carbonyl (C=O) groups excluding carboxylic acids is 1. The number of benzene rings is 1. The fraction of sp³-hybridized carbons (Fsp3) is 0.231. The highest BCUT2D eigenvalue weighted by molar-refractivity contribution is 5.86. The number of fused-ring (bicyclic) bond motifs is 1. The van der Waals surface area contributed by atoms with Gasteiger partial charge in [0.1, 0.15) is 19.0 Å². The Hall–Kier alpha value is -1.94. The van der Waals surface area contributed by atoms with Crippen molar-refractivity contribution in [1.29, 1.82) is 0 Å². The molecule has 0 aliphatic heterocycles. The lowest BCUT2D eigenvalue weighted by Crippen LogP contribution is -2.16. The molecule has 1 heterocycles. The van der Waals surface area contributed by atoms with Crippen molar-refractivity contribution < 1.29 is 14.3 Å². The summed E-state index contributed by atoms with van der Waals surface area (Å²) >= 11 is 0. The third kappa shape index (κ3) is 2.79. The molecule has 0 radical (unpaired) electrons. The molecular formula is C13H13NO3. The predicted molar refractivity (Wildman–Crippen MR) is 64.1 cm³/mol. The first-order chi connectivity index (χ1) is 8.31. The van der Waals surface area contributed by atoms with Crippen LogP contribution in [0.4, 0.5) is 0 Å². The summed E-state index contributed by atoms with van der Waals surface area (Å²) in [6, 6.07) is 9.33. The summed E-state index contributed by atoms with van der Waals surface area (Å²) in [6.07, 6.45) is 1.72. The molecule has 0 fully saturated rings. The maximum atomic E-state index is 11.3. The van der Waals surface area contributed by atoms with E-state index in [1.165, 1.54) is 7.11 Å². The van der Waals surface area contributed by atoms with Gasteiger partial charge in [0.15, 0.2) is 5.78 Å². The predicted octanol–water partition coefficient (Wildman–Crippen LogP) is 1.83. The highest BCUT2D eigenvalue weighted by Gasteiger charge is 2.05. The van der Waals surface area contributed by atoms with E-state index in [-0.39, 0.29) is 19.0 Å². The molecule has 0 unspecified atom stereocenters. The van der Waals surface area contributed by atoms with Gasteiger partial charge in [-0.05, 0) is 24.3 Å². The van der Waals surface area contributed by atoms with Crippen LogP contribution in [0, 0.1) is 0 Å². The first-order valence-electron chi connectivity index (χ1n) is 5.28. The number of methoxy groups -OCH3 is 1. The lowest BCUT2D eigenvalue weighted by molar-refractivity contribution is -0.124. The molecule has 1 aromatic carbocycles. The standard InChI is InChI=1S/C13H13NO3/c1-16-8-10(15)9-17-13-6-2-5-12-11(13)4-3-7-14-12/h2-7H,8-9H2,1H3. The van der Waals surface area contributed by atoms with Gasteiger partial charge in [0.05, 0.1) is 5.52 Å². The number of hydrogen-bond acceptors (Lipinski definition) is 4. The van der Waals surface area contributed by atoms with Crippen molar-refractivity contribution in [3.05, 3.63) is 36.5 Å². The Balaban J connectivity index is 2.16. The van der Waals surface area contributed by atoms with Gasteiger partial charge in [0.25, 0.3) is 0 Å². The topological polar surface area (TPSA) is 48.4 Å². The minimum Gasteiger partial charge on any atom is -0.485 e. The Morgan fingerprint density at radius 3 is 2.94 bits per heavy atom. The number of Topliss-reactive ketones (excluding diaryl/α,β-unsaturated/α-hetero) is 1. The second kappa shape index (κ2) is 5.41. The molecular weight excluding hydrogens is 218 g/mol. The fourth-order valence-electron chi connectivity index (χ4n) is 1.56. The minimum absolute atomic E-state index is 0.0157. The summed E-state index contributed by atoms with van der Waals surface area (Å²) < 4.78 is 10.2. The van der Waals surface area contributed by atoms with Crippen LogP contribution in [0.15, 0.2) is 36.5 Å². The Kier molecular flexibility index (Phi) is 3.67. The van der Waals surface area contributed by atoms with Gasteiger partial charge in [-0.3, -0.25) is 9.78 Å². The lowest BCUT2D eigenvalue weighted by Gasteiger charge is -2.07. The SMILES string of the molecule is COCC(=O)COc1cccc2ncccc12. The van der Waals surface area contributed by atoms with Crippen molar-refractivity contribution in [3.8, 4) is 5.75 Å². The monoisotopic (exact) mass is 231 g/mol. The highest BCUT2D eigenvalue weighted by atomic mass is 16.5. The van der Waals surface area contributed by atoms with Crippen molar-refractivity contribution in [1.82, 2.24) is 4.98 Å². The molecule has 0 saturated heterocycles. The van der Waals surface area contributed by atoms with Crippen LogP contribution in [0.2, 0.25) is 0 Å². The van der Waals surface area contributed by atoms with E-state index in [1.54, 1.807) is 6.20 Å². The van der Waals surface area contributed by atoms with E-state index in [0.717, 1.165) is 10.9 Å². The smallest absolute Gasteiger partial charge is 0.195 e. The number of nitrogens with zero attached hydrogens (tertiary/aromatic N) is 1. The van der Waals surface area contributed by atoms with Gasteiger partial charge in [-0.2, -0.15) is 0 Å². The van der Waals surface area contributed by atoms with Crippen LogP contribution in [0.1, 0.15) is 0 Å². The molecule has 0 atom stereocenters. The largest absolute Gasteiger partial charge is 0.485 e. The van der Waals surface area contributed by atoms with Crippen LogP contribution in [-0.2, 0) is 9.53 Å². The number of carbonyl (C=O) groups is 1. The summed E-state index contributed by atoms with van der Waals surface area (Å²) in [5, 5.41) is 0.903. The molecule has 0 aliphatic rings. The van der Waals surface area contributed by atoms with Crippen molar-refractivity contribution in [2.45, 2.75) is 0 Å². The van der Waals surface area contributed by atoms with Crippen LogP contribution in [-0.4, -0.2) is 31.1 Å². The lowest BCUT2D eigenvalue weighted by atomic mass is 10.2. The van der Waals surface area contributed by atoms with Crippen LogP contribution in [0.5, 0.6) is 5.75 Å². The maximum absolute atomic E-state index is 11.3. The zero-order chi connectivity index (χ0) is 12.1. The molecule has 1 aromatic heterocycles. The number of ketones is 1. The van der Waals surface area contributed by atoms with E-state index in [0.29, 0.717) is 5.75 Å². The Labute approximate surface area is 99.2 Å². The molecule has 0 amide bonds. The highest BCUT2D eigenvalue weighted by Crippen LogP contribution is 2.23. The molecule has 4 nitrogen and oxygen atoms in total. The number of pyridine rings is 1. The second-order valence-corrected chi connectivity index (χ2v) is 3.59. The van der Waals surface area contributed by atoms with Crippen molar-refractivity contribution in [2.75, 3.05) is 20.3 Å². The average Bonchev–Trinajstić information content (AvgIpc) is 2.36. The molecule has 2 rings (SSSR count). The van der Waals surface area contributed by atoms with Crippen LogP contribution in [0.25, 0.3) is 10.9 Å². The fourth-order valence-corrected chi connectivity index (χ4v) is 1.56. The molecule has 17 heavy (non-hydrogen) atoms. The van der Waals surface area contributed by atoms with Crippen LogP contribution >= 0.6 is 0 Å². The summed E-state index contributed by atoms with van der Waals surface area (Å²) in [6.45, 7) is 0.0882. The maximum Gasteiger partial charge on any atom is 0.195 e. The van der Waals surface area contributed by atoms with E-state index in [2.05, 4.69) is 4.98 Å². The van der Waals surface area contributed by atoms with Crippen molar-refractivity contribution in [3.63, 3.8) is 0 Å². The molecule has 0 bridgehead atoms. The van der Waals surface area contributed by atoms with E-state index < -0.39 is 0 Å². The number of hydrogen-bond donors (Lipinski definition) is 0. The van der Waals surface area contributed by atoms with Gasteiger partial charge in [0, 0.05) is 18.7 Å². The quantitative estimate of drug-likeness (QED) is 0.787. The van der Waals surface area contributed by atoms with Gasteiger partial charge in [-0.1, -0.05) is 6.07 Å². The Bertz CT molecular complexity index is 520. The normalized spacial score (nSPS) is 10.4. The van der Waals surface area contributed by atoms with Crippen LogP contribution in [0.3, 0.4) is 0 Å². The van der Waals surface area contributed by atoms with E-state index in [4.69, 9.17) is 9.47 Å². The molecule has 0 N–H and O–H groups in total. The van der Waals surface area contributed by atoms with Gasteiger partial charge in [-0.15, -0.1) is 0 Å². The third-order valence-corrected chi connectivity index (χ3v) is 2.30. The van der Waals surface area contributed by atoms with Gasteiger partial charge in [-0.25, -0.2) is 0 Å². The molecule has 0 aliphatic carbocycles. The number of ether oxygens (including phenoxy) is 2. The summed E-state index contributed by atoms with van der Waals surface area (Å²) in [7, 11) is 1.49. The van der Waals surface area contributed by atoms with E-state index >= 15 is 0 Å². The van der Waals surface area contributed by atoms with E-state index in [1.807, 2.05) is 30.3 Å². The molecule has 2 aromatic rings. The summed E-state index contributed by atoms with van der Waals surface area (Å²) in [4.78, 5) is 15.5. The third-order valence-electron chi connectivity index (χ3n) is 2.30. The summed E-state index contributed by atoms with van der Waals surface area (Å²) in [5.41, 5.74) is 0.851. The van der Waals surface area contributed by atoms with Gasteiger partial charge >= 0.3 is 0 Å². The minimum atomic E-state index is -0.0895. The molecule has 0 spiro atoms. The molecule has 0 saturated carbocycles. The zero-order valence-electron chi connectivity index (χ0n) is 9.55. The van der Waals surface area contributed by atoms with Crippen LogP contribution < -0.4 is 4.74 Å². The van der Waals surface area contributed by atoms with Gasteiger partial charge < -0.3 is 9.47 Å². The van der Waals surface area contributed by atoms with Crippen molar-refractivity contribution in [2.24, 2.45) is 0 Å². The first-order valence-corrected chi connectivity index (χ1v) is 5.28. The Morgan fingerprint density at radius 2 is 2.12 bits per heavy atom. The van der Waals surface area contributed by atoms with Gasteiger partial charge in [0.2, 0.25) is 0 Å². The summed E-state index contributed by atoms with van der Waals surface area (Å²) in [5.74, 6) is 0.577. The second-order valence-electron chi connectivity index (χ2n) is 3.59.